The van der Waals surface area contributed by atoms with Crippen molar-refractivity contribution in [2.45, 2.75) is 37.8 Å². The Morgan fingerprint density at radius 3 is 2.35 bits per heavy atom. The predicted molar refractivity (Wildman–Crippen MR) is 144 cm³/mol. The van der Waals surface area contributed by atoms with Crippen LogP contribution in [0.5, 0.6) is 11.5 Å². The Kier molecular flexibility index (Phi) is 6.33. The molecule has 0 amide bonds. The fourth-order valence-electron chi connectivity index (χ4n) is 5.85. The molecule has 1 saturated carbocycles. The minimum Gasteiger partial charge on any atom is -0.457 e. The molecular weight excluding hydrogens is 464 g/mol. The van der Waals surface area contributed by atoms with Gasteiger partial charge >= 0.3 is 5.69 Å². The fourth-order valence-corrected chi connectivity index (χ4v) is 5.85. The maximum Gasteiger partial charge on any atom is 0.334 e. The Hall–Kier alpha value is -3.80. The zero-order chi connectivity index (χ0) is 25.4. The van der Waals surface area contributed by atoms with Crippen molar-refractivity contribution >= 4 is 16.9 Å². The first-order chi connectivity index (χ1) is 18.1. The Morgan fingerprint density at radius 1 is 0.919 bits per heavy atom. The van der Waals surface area contributed by atoms with Gasteiger partial charge in [-0.05, 0) is 75.2 Å². The molecule has 8 heteroatoms. The second kappa shape index (κ2) is 9.92. The molecule has 190 valence electrons. The van der Waals surface area contributed by atoms with E-state index in [-0.39, 0.29) is 11.7 Å². The summed E-state index contributed by atoms with van der Waals surface area (Å²) in [6.07, 6.45) is 5.87. The van der Waals surface area contributed by atoms with Gasteiger partial charge in [-0.2, -0.15) is 0 Å². The Balaban J connectivity index is 1.28. The minimum atomic E-state index is -0.0698. The van der Waals surface area contributed by atoms with Crippen LogP contribution in [0.3, 0.4) is 0 Å². The number of rotatable bonds is 5. The summed E-state index contributed by atoms with van der Waals surface area (Å²) in [4.78, 5) is 23.3. The van der Waals surface area contributed by atoms with E-state index in [0.717, 1.165) is 63.1 Å². The van der Waals surface area contributed by atoms with E-state index in [4.69, 9.17) is 10.5 Å². The molecule has 0 bridgehead atoms. The second-order valence-corrected chi connectivity index (χ2v) is 10.1. The van der Waals surface area contributed by atoms with Gasteiger partial charge in [-0.1, -0.05) is 12.1 Å². The third kappa shape index (κ3) is 4.57. The fraction of sp³-hybridized carbons (Fsp3) is 0.379. The molecule has 2 aromatic carbocycles. The molecule has 2 N–H and O–H groups in total. The molecule has 8 nitrogen and oxygen atoms in total. The lowest BCUT2D eigenvalue weighted by Crippen LogP contribution is -2.50. The van der Waals surface area contributed by atoms with Gasteiger partial charge in [0.15, 0.2) is 0 Å². The molecular formula is C29H32N6O2. The van der Waals surface area contributed by atoms with Gasteiger partial charge in [0, 0.05) is 50.5 Å². The lowest BCUT2D eigenvalue weighted by molar-refractivity contribution is 0.0824. The van der Waals surface area contributed by atoms with Gasteiger partial charge in [0.05, 0.1) is 11.2 Å². The number of aromatic nitrogens is 3. The Morgan fingerprint density at radius 2 is 1.65 bits per heavy atom. The van der Waals surface area contributed by atoms with Crippen LogP contribution < -0.4 is 16.2 Å². The minimum absolute atomic E-state index is 0.0698. The first-order valence-corrected chi connectivity index (χ1v) is 13.0. The highest BCUT2D eigenvalue weighted by molar-refractivity contribution is 5.87. The van der Waals surface area contributed by atoms with Gasteiger partial charge in [0.1, 0.15) is 22.8 Å². The van der Waals surface area contributed by atoms with Crippen molar-refractivity contribution in [1.29, 1.82) is 0 Å². The summed E-state index contributed by atoms with van der Waals surface area (Å²) in [6.45, 7) is 4.53. The first-order valence-electron chi connectivity index (χ1n) is 13.0. The van der Waals surface area contributed by atoms with Gasteiger partial charge in [-0.3, -0.25) is 14.0 Å². The molecule has 1 aliphatic heterocycles. The van der Waals surface area contributed by atoms with E-state index in [1.807, 2.05) is 41.0 Å². The third-order valence-electron chi connectivity index (χ3n) is 7.86. The van der Waals surface area contributed by atoms with Crippen LogP contribution in [0.1, 0.15) is 31.7 Å². The summed E-state index contributed by atoms with van der Waals surface area (Å²) in [5, 5.41) is 0. The van der Waals surface area contributed by atoms with E-state index < -0.39 is 0 Å². The maximum atomic E-state index is 13.9. The highest BCUT2D eigenvalue weighted by Gasteiger charge is 2.31. The highest BCUT2D eigenvalue weighted by atomic mass is 16.5. The van der Waals surface area contributed by atoms with Crippen molar-refractivity contribution in [3.8, 4) is 17.2 Å². The van der Waals surface area contributed by atoms with E-state index in [9.17, 15) is 4.79 Å². The lowest BCUT2D eigenvalue weighted by atomic mass is 9.89. The molecule has 37 heavy (non-hydrogen) atoms. The van der Waals surface area contributed by atoms with Gasteiger partial charge in [0.2, 0.25) is 0 Å². The average Bonchev–Trinajstić information content (AvgIpc) is 3.23. The molecule has 2 fully saturated rings. The van der Waals surface area contributed by atoms with Crippen LogP contribution in [0.15, 0.2) is 59.5 Å². The Labute approximate surface area is 216 Å². The summed E-state index contributed by atoms with van der Waals surface area (Å²) < 4.78 is 9.54. The lowest BCUT2D eigenvalue weighted by Gasteiger charge is -2.41. The number of nitrogens with two attached hydrogens (primary N) is 1. The molecule has 6 rings (SSSR count). The van der Waals surface area contributed by atoms with Crippen LogP contribution in [0.4, 0.5) is 5.82 Å². The monoisotopic (exact) mass is 496 g/mol. The molecule has 0 unspecified atom stereocenters. The number of imidazole rings is 1. The molecule has 1 saturated heterocycles. The number of hydrogen-bond donors (Lipinski definition) is 1. The number of anilines is 1. The second-order valence-electron chi connectivity index (χ2n) is 10.1. The molecule has 2 aliphatic rings. The molecule has 0 radical (unpaired) electrons. The predicted octanol–water partition coefficient (Wildman–Crippen LogP) is 3.89. The van der Waals surface area contributed by atoms with Crippen LogP contribution in [0.2, 0.25) is 0 Å². The van der Waals surface area contributed by atoms with Crippen LogP contribution in [-0.4, -0.2) is 63.2 Å². The molecule has 0 atom stereocenters. The zero-order valence-corrected chi connectivity index (χ0v) is 21.1. The molecule has 2 aromatic heterocycles. The number of pyridine rings is 1. The van der Waals surface area contributed by atoms with Gasteiger partial charge in [0.25, 0.3) is 0 Å². The number of ether oxygens (including phenoxy) is 1. The number of fused-ring (bicyclic) bond motifs is 1. The van der Waals surface area contributed by atoms with Gasteiger partial charge in [-0.25, -0.2) is 9.78 Å². The molecule has 0 spiro atoms. The Bertz CT molecular complexity index is 1410. The zero-order valence-electron chi connectivity index (χ0n) is 21.1. The summed E-state index contributed by atoms with van der Waals surface area (Å²) >= 11 is 0. The number of nitrogen functional groups attached to an aromatic ring is 1. The van der Waals surface area contributed by atoms with E-state index in [0.29, 0.717) is 28.9 Å². The van der Waals surface area contributed by atoms with E-state index in [1.165, 1.54) is 0 Å². The molecule has 4 aromatic rings. The maximum absolute atomic E-state index is 13.9. The van der Waals surface area contributed by atoms with Crippen molar-refractivity contribution in [1.82, 2.24) is 23.9 Å². The van der Waals surface area contributed by atoms with Crippen LogP contribution in [-0.2, 0) is 0 Å². The topological polar surface area (TPSA) is 81.5 Å². The van der Waals surface area contributed by atoms with Crippen LogP contribution in [0, 0.1) is 12.1 Å². The number of nitrogens with zero attached hydrogens (tertiary/aromatic N) is 5. The summed E-state index contributed by atoms with van der Waals surface area (Å²) in [5.74, 6) is 1.71. The van der Waals surface area contributed by atoms with Crippen LogP contribution >= 0.6 is 0 Å². The summed E-state index contributed by atoms with van der Waals surface area (Å²) in [7, 11) is 2.19. The SMILES string of the molecule is CN1CCN(C2CCC(n3c(=O)n(-c4ccc(Oc5cc#ccc5)cc4)c4c(N)nccc43)CC2)CC1. The van der Waals surface area contributed by atoms with Crippen molar-refractivity contribution in [2.24, 2.45) is 0 Å². The quantitative estimate of drug-likeness (QED) is 0.452. The van der Waals surface area contributed by atoms with E-state index >= 15 is 0 Å². The largest absolute Gasteiger partial charge is 0.457 e. The van der Waals surface area contributed by atoms with E-state index in [1.54, 1.807) is 22.9 Å². The molecule has 3 heterocycles. The number of hydrogen-bond acceptors (Lipinski definition) is 6. The number of piperazine rings is 1. The molecule has 1 aliphatic carbocycles. The van der Waals surface area contributed by atoms with Crippen molar-refractivity contribution in [3.63, 3.8) is 0 Å². The van der Waals surface area contributed by atoms with Crippen LogP contribution in [0.25, 0.3) is 16.7 Å². The number of likely N-dealkylation sites (N-methyl/N-ethyl adjacent to an activating group) is 1. The summed E-state index contributed by atoms with van der Waals surface area (Å²) in [5.41, 5.74) is 8.52. The highest BCUT2D eigenvalue weighted by Crippen LogP contribution is 2.34. The van der Waals surface area contributed by atoms with Crippen molar-refractivity contribution in [3.05, 3.63) is 77.3 Å². The third-order valence-corrected chi connectivity index (χ3v) is 7.86. The smallest absolute Gasteiger partial charge is 0.334 e. The summed E-state index contributed by atoms with van der Waals surface area (Å²) in [6, 6.07) is 21.2. The average molecular weight is 497 g/mol. The van der Waals surface area contributed by atoms with E-state index in [2.05, 4.69) is 34.0 Å². The van der Waals surface area contributed by atoms with Gasteiger partial charge < -0.3 is 15.4 Å². The van der Waals surface area contributed by atoms with Gasteiger partial charge in [-0.15, -0.1) is 0 Å². The van der Waals surface area contributed by atoms with Crippen molar-refractivity contribution < 1.29 is 4.74 Å². The normalized spacial score (nSPS) is 21.1. The number of benzene rings is 1. The standard InChI is InChI=1S/C29H32N6O2/c1-32-17-19-33(20-18-32)21-7-9-22(10-8-21)34-26-15-16-31-28(30)27(26)35(29(34)36)23-11-13-25(14-12-23)37-24-5-3-2-4-6-24/h3,5-6,11-16,21-22H,7-10,17-20H2,1H3,(H2,30,31). The first kappa shape index (κ1) is 23.6. The van der Waals surface area contributed by atoms with Crippen molar-refractivity contribution in [2.75, 3.05) is 39.0 Å².